The zero-order valence-electron chi connectivity index (χ0n) is 17.7. The van der Waals surface area contributed by atoms with Crippen LogP contribution in [0.15, 0.2) is 65.6 Å². The van der Waals surface area contributed by atoms with Crippen LogP contribution in [0.3, 0.4) is 0 Å². The number of rotatable bonds is 4. The Morgan fingerprint density at radius 1 is 1.10 bits per heavy atom. The molecular formula is C25H26N4O2. The third-order valence-corrected chi connectivity index (χ3v) is 6.34. The summed E-state index contributed by atoms with van der Waals surface area (Å²) >= 11 is 0. The molecule has 6 nitrogen and oxygen atoms in total. The van der Waals surface area contributed by atoms with Crippen LogP contribution in [0.4, 0.5) is 0 Å². The Labute approximate surface area is 180 Å². The molecule has 1 aliphatic rings. The number of benzene rings is 1. The SMILES string of the molecule is CC[C@@H]1CCCCN1C(=O)c1cc2c(=O)n3ccccc3nc2n1Cc1ccccc1. The Bertz CT molecular complexity index is 1310. The third-order valence-electron chi connectivity index (χ3n) is 6.34. The van der Waals surface area contributed by atoms with E-state index in [9.17, 15) is 9.59 Å². The molecule has 158 valence electrons. The average Bonchev–Trinajstić information content (AvgIpc) is 3.18. The molecule has 0 spiro atoms. The molecule has 0 N–H and O–H groups in total. The number of hydrogen-bond acceptors (Lipinski definition) is 3. The topological polar surface area (TPSA) is 59.6 Å². The van der Waals surface area contributed by atoms with E-state index in [1.54, 1.807) is 16.7 Å². The van der Waals surface area contributed by atoms with Crippen LogP contribution >= 0.6 is 0 Å². The van der Waals surface area contributed by atoms with Gasteiger partial charge >= 0.3 is 0 Å². The Morgan fingerprint density at radius 2 is 1.90 bits per heavy atom. The largest absolute Gasteiger partial charge is 0.334 e. The number of carbonyl (C=O) groups is 1. The summed E-state index contributed by atoms with van der Waals surface area (Å²) in [6, 6.07) is 17.5. The second-order valence-corrected chi connectivity index (χ2v) is 8.24. The molecule has 0 bridgehead atoms. The molecule has 1 saturated heterocycles. The van der Waals surface area contributed by atoms with Gasteiger partial charge in [0, 0.05) is 25.3 Å². The van der Waals surface area contributed by atoms with Crippen molar-refractivity contribution in [3.63, 3.8) is 0 Å². The van der Waals surface area contributed by atoms with E-state index in [1.165, 1.54) is 0 Å². The lowest BCUT2D eigenvalue weighted by Gasteiger charge is -2.35. The third kappa shape index (κ3) is 3.42. The van der Waals surface area contributed by atoms with Gasteiger partial charge in [-0.05, 0) is 49.4 Å². The summed E-state index contributed by atoms with van der Waals surface area (Å²) in [7, 11) is 0. The van der Waals surface area contributed by atoms with E-state index < -0.39 is 0 Å². The molecule has 0 aliphatic carbocycles. The highest BCUT2D eigenvalue weighted by Gasteiger charge is 2.29. The van der Waals surface area contributed by atoms with Crippen LogP contribution in [0.1, 0.15) is 48.7 Å². The van der Waals surface area contributed by atoms with Gasteiger partial charge in [-0.25, -0.2) is 4.98 Å². The van der Waals surface area contributed by atoms with Crippen molar-refractivity contribution in [2.75, 3.05) is 6.54 Å². The van der Waals surface area contributed by atoms with Crippen molar-refractivity contribution in [3.05, 3.63) is 82.4 Å². The molecule has 3 aromatic heterocycles. The maximum Gasteiger partial charge on any atom is 0.270 e. The smallest absolute Gasteiger partial charge is 0.270 e. The fraction of sp³-hybridized carbons (Fsp3) is 0.320. The van der Waals surface area contributed by atoms with Crippen LogP contribution < -0.4 is 5.56 Å². The molecule has 0 unspecified atom stereocenters. The number of fused-ring (bicyclic) bond motifs is 2. The highest BCUT2D eigenvalue weighted by Crippen LogP contribution is 2.25. The zero-order valence-corrected chi connectivity index (χ0v) is 17.7. The second kappa shape index (κ2) is 8.02. The normalized spacial score (nSPS) is 16.8. The first-order valence-electron chi connectivity index (χ1n) is 11.0. The summed E-state index contributed by atoms with van der Waals surface area (Å²) in [5.41, 5.74) is 2.60. The van der Waals surface area contributed by atoms with Gasteiger partial charge < -0.3 is 9.47 Å². The van der Waals surface area contributed by atoms with Gasteiger partial charge in [0.25, 0.3) is 11.5 Å². The van der Waals surface area contributed by atoms with Crippen molar-refractivity contribution < 1.29 is 4.79 Å². The summed E-state index contributed by atoms with van der Waals surface area (Å²) in [5, 5.41) is 0.480. The number of pyridine rings is 1. The zero-order chi connectivity index (χ0) is 21.4. The van der Waals surface area contributed by atoms with Gasteiger partial charge in [-0.3, -0.25) is 14.0 Å². The van der Waals surface area contributed by atoms with Gasteiger partial charge in [0.05, 0.1) is 5.39 Å². The van der Waals surface area contributed by atoms with Crippen molar-refractivity contribution in [1.29, 1.82) is 0 Å². The molecule has 4 heterocycles. The standard InChI is InChI=1S/C25H26N4O2/c1-2-19-12-6-8-14-27(19)25(31)21-16-20-23(29(21)17-18-10-4-3-5-11-18)26-22-13-7-9-15-28(22)24(20)30/h3-5,7,9-11,13,15-16,19H,2,6,8,12,14,17H2,1H3/t19-/m1/s1. The van der Waals surface area contributed by atoms with Gasteiger partial charge in [0.15, 0.2) is 0 Å². The van der Waals surface area contributed by atoms with Crippen molar-refractivity contribution in [3.8, 4) is 0 Å². The summed E-state index contributed by atoms with van der Waals surface area (Å²) in [4.78, 5) is 33.7. The number of likely N-dealkylation sites (tertiary alicyclic amines) is 1. The van der Waals surface area contributed by atoms with Crippen LogP contribution in [-0.2, 0) is 6.54 Å². The number of amides is 1. The number of carbonyl (C=O) groups excluding carboxylic acids is 1. The summed E-state index contributed by atoms with van der Waals surface area (Å²) < 4.78 is 3.46. The monoisotopic (exact) mass is 414 g/mol. The van der Waals surface area contributed by atoms with E-state index in [0.29, 0.717) is 28.9 Å². The molecule has 1 fully saturated rings. The van der Waals surface area contributed by atoms with Gasteiger partial charge in [-0.2, -0.15) is 0 Å². The van der Waals surface area contributed by atoms with E-state index in [2.05, 4.69) is 6.92 Å². The Hall–Kier alpha value is -3.41. The minimum absolute atomic E-state index is 0.00561. The van der Waals surface area contributed by atoms with Crippen molar-refractivity contribution in [2.24, 2.45) is 0 Å². The molecule has 0 saturated carbocycles. The lowest BCUT2D eigenvalue weighted by Crippen LogP contribution is -2.44. The highest BCUT2D eigenvalue weighted by atomic mass is 16.2. The number of aromatic nitrogens is 3. The van der Waals surface area contributed by atoms with Crippen molar-refractivity contribution in [2.45, 2.75) is 45.2 Å². The molecule has 6 heteroatoms. The first kappa shape index (κ1) is 19.5. The molecule has 1 aromatic carbocycles. The van der Waals surface area contributed by atoms with Crippen molar-refractivity contribution in [1.82, 2.24) is 18.9 Å². The predicted octanol–water partition coefficient (Wildman–Crippen LogP) is 4.10. The fourth-order valence-corrected chi connectivity index (χ4v) is 4.69. The molecule has 1 aliphatic heterocycles. The van der Waals surface area contributed by atoms with Crippen LogP contribution in [0.5, 0.6) is 0 Å². The van der Waals surface area contributed by atoms with E-state index >= 15 is 0 Å². The average molecular weight is 415 g/mol. The molecule has 1 atom stereocenters. The minimum Gasteiger partial charge on any atom is -0.334 e. The van der Waals surface area contributed by atoms with Crippen molar-refractivity contribution >= 4 is 22.6 Å². The molecule has 31 heavy (non-hydrogen) atoms. The molecule has 4 aromatic rings. The lowest BCUT2D eigenvalue weighted by atomic mass is 9.99. The second-order valence-electron chi connectivity index (χ2n) is 8.24. The van der Waals surface area contributed by atoms with Gasteiger partial charge in [-0.15, -0.1) is 0 Å². The van der Waals surface area contributed by atoms with Crippen LogP contribution in [-0.4, -0.2) is 37.3 Å². The Kier molecular flexibility index (Phi) is 5.06. The summed E-state index contributed by atoms with van der Waals surface area (Å²) in [5.74, 6) is -0.00561. The molecule has 1 amide bonds. The van der Waals surface area contributed by atoms with E-state index in [1.807, 2.05) is 58.0 Å². The first-order chi connectivity index (χ1) is 15.2. The fourth-order valence-electron chi connectivity index (χ4n) is 4.69. The molecular weight excluding hydrogens is 388 g/mol. The van der Waals surface area contributed by atoms with E-state index in [-0.39, 0.29) is 17.5 Å². The highest BCUT2D eigenvalue weighted by molar-refractivity contribution is 5.98. The maximum atomic E-state index is 13.7. The molecule has 5 rings (SSSR count). The van der Waals surface area contributed by atoms with Gasteiger partial charge in [0.1, 0.15) is 17.0 Å². The van der Waals surface area contributed by atoms with E-state index in [0.717, 1.165) is 37.8 Å². The maximum absolute atomic E-state index is 13.7. The number of piperidine rings is 1. The summed E-state index contributed by atoms with van der Waals surface area (Å²) in [6.07, 6.45) is 5.87. The van der Waals surface area contributed by atoms with Crippen LogP contribution in [0.2, 0.25) is 0 Å². The number of hydrogen-bond donors (Lipinski definition) is 0. The predicted molar refractivity (Wildman–Crippen MR) is 121 cm³/mol. The van der Waals surface area contributed by atoms with Crippen LogP contribution in [0, 0.1) is 0 Å². The minimum atomic E-state index is -0.146. The number of nitrogens with zero attached hydrogens (tertiary/aromatic N) is 4. The first-order valence-corrected chi connectivity index (χ1v) is 11.0. The quantitative estimate of drug-likeness (QED) is 0.505. The Balaban J connectivity index is 1.71. The molecule has 0 radical (unpaired) electrons. The van der Waals surface area contributed by atoms with Crippen LogP contribution in [0.25, 0.3) is 16.7 Å². The lowest BCUT2D eigenvalue weighted by molar-refractivity contribution is 0.0598. The Morgan fingerprint density at radius 3 is 2.71 bits per heavy atom. The van der Waals surface area contributed by atoms with Gasteiger partial charge in [-0.1, -0.05) is 43.3 Å². The van der Waals surface area contributed by atoms with Gasteiger partial charge in [0.2, 0.25) is 0 Å². The summed E-state index contributed by atoms with van der Waals surface area (Å²) in [6.45, 7) is 3.39. The van der Waals surface area contributed by atoms with E-state index in [4.69, 9.17) is 4.98 Å².